The van der Waals surface area contributed by atoms with Gasteiger partial charge in [-0.25, -0.2) is 0 Å². The summed E-state index contributed by atoms with van der Waals surface area (Å²) >= 11 is 0. The van der Waals surface area contributed by atoms with E-state index in [9.17, 15) is 9.59 Å². The molecule has 4 heteroatoms. The first-order valence-corrected chi connectivity index (χ1v) is 6.48. The zero-order valence-electron chi connectivity index (χ0n) is 10.0. The van der Waals surface area contributed by atoms with Crippen LogP contribution in [0, 0.1) is 17.3 Å². The second-order valence-electron chi connectivity index (χ2n) is 5.76. The Morgan fingerprint density at radius 1 is 0.882 bits per heavy atom. The maximum Gasteiger partial charge on any atom is 0.306 e. The third-order valence-electron chi connectivity index (χ3n) is 4.58. The lowest BCUT2D eigenvalue weighted by Gasteiger charge is -2.44. The lowest BCUT2D eigenvalue weighted by molar-refractivity contribution is -0.147. The van der Waals surface area contributed by atoms with Crippen LogP contribution < -0.4 is 0 Å². The normalized spacial score (nSPS) is 37.9. The van der Waals surface area contributed by atoms with Crippen molar-refractivity contribution in [2.45, 2.75) is 51.4 Å². The molecule has 0 aromatic rings. The summed E-state index contributed by atoms with van der Waals surface area (Å²) in [6.45, 7) is 0. The van der Waals surface area contributed by atoms with Gasteiger partial charge in [0.2, 0.25) is 0 Å². The molecule has 2 N–H and O–H groups in total. The molecular weight excluding hydrogens is 220 g/mol. The molecule has 0 aromatic carbocycles. The molecule has 2 rings (SSSR count). The Labute approximate surface area is 101 Å². The molecule has 2 saturated carbocycles. The van der Waals surface area contributed by atoms with E-state index in [0.717, 1.165) is 38.5 Å². The van der Waals surface area contributed by atoms with Gasteiger partial charge in [-0.05, 0) is 43.9 Å². The van der Waals surface area contributed by atoms with E-state index in [2.05, 4.69) is 0 Å². The molecule has 0 aliphatic heterocycles. The van der Waals surface area contributed by atoms with Crippen LogP contribution in [0.4, 0.5) is 0 Å². The lowest BCUT2D eigenvalue weighted by Crippen LogP contribution is -2.38. The molecule has 2 fully saturated rings. The van der Waals surface area contributed by atoms with Crippen molar-refractivity contribution < 1.29 is 19.8 Å². The van der Waals surface area contributed by atoms with Crippen LogP contribution in [0.1, 0.15) is 51.4 Å². The van der Waals surface area contributed by atoms with Crippen LogP contribution in [0.5, 0.6) is 0 Å². The Hall–Kier alpha value is -1.06. The molecule has 96 valence electrons. The van der Waals surface area contributed by atoms with Gasteiger partial charge in [-0.3, -0.25) is 9.59 Å². The number of carboxylic acids is 2. The van der Waals surface area contributed by atoms with Gasteiger partial charge in [0, 0.05) is 0 Å². The van der Waals surface area contributed by atoms with E-state index >= 15 is 0 Å². The summed E-state index contributed by atoms with van der Waals surface area (Å²) in [6, 6.07) is 0. The highest BCUT2D eigenvalue weighted by molar-refractivity contribution is 5.71. The highest BCUT2D eigenvalue weighted by Gasteiger charge is 2.43. The highest BCUT2D eigenvalue weighted by Crippen LogP contribution is 2.50. The van der Waals surface area contributed by atoms with Gasteiger partial charge in [-0.15, -0.1) is 0 Å². The summed E-state index contributed by atoms with van der Waals surface area (Å²) < 4.78 is 0. The van der Waals surface area contributed by atoms with Crippen molar-refractivity contribution in [1.82, 2.24) is 0 Å². The van der Waals surface area contributed by atoms with E-state index in [-0.39, 0.29) is 17.3 Å². The number of hydrogen-bond donors (Lipinski definition) is 2. The number of hydrogen-bond acceptors (Lipinski definition) is 2. The molecule has 2 aliphatic carbocycles. The molecule has 4 nitrogen and oxygen atoms in total. The van der Waals surface area contributed by atoms with Crippen LogP contribution in [0.2, 0.25) is 0 Å². The van der Waals surface area contributed by atoms with Crippen molar-refractivity contribution in [3.63, 3.8) is 0 Å². The molecule has 17 heavy (non-hydrogen) atoms. The minimum absolute atomic E-state index is 0.00259. The Morgan fingerprint density at radius 2 is 1.29 bits per heavy atom. The predicted octanol–water partition coefficient (Wildman–Crippen LogP) is 2.52. The zero-order chi connectivity index (χ0) is 12.5. The summed E-state index contributed by atoms with van der Waals surface area (Å²) in [7, 11) is 0. The van der Waals surface area contributed by atoms with Gasteiger partial charge in [0.25, 0.3) is 0 Å². The fourth-order valence-electron chi connectivity index (χ4n) is 3.73. The highest BCUT2D eigenvalue weighted by atomic mass is 16.4. The fraction of sp³-hybridized carbons (Fsp3) is 0.846. The monoisotopic (exact) mass is 240 g/mol. The molecule has 0 saturated heterocycles. The van der Waals surface area contributed by atoms with E-state index in [0.29, 0.717) is 12.8 Å². The Morgan fingerprint density at radius 3 is 1.65 bits per heavy atom. The first-order chi connectivity index (χ1) is 8.02. The first-order valence-electron chi connectivity index (χ1n) is 6.48. The van der Waals surface area contributed by atoms with Gasteiger partial charge >= 0.3 is 11.9 Å². The van der Waals surface area contributed by atoms with Crippen LogP contribution in [-0.4, -0.2) is 22.2 Å². The van der Waals surface area contributed by atoms with Gasteiger partial charge in [0.15, 0.2) is 0 Å². The number of aliphatic carboxylic acids is 2. The predicted molar refractivity (Wildman–Crippen MR) is 61.6 cm³/mol. The quantitative estimate of drug-likeness (QED) is 0.777. The topological polar surface area (TPSA) is 74.6 Å². The van der Waals surface area contributed by atoms with E-state index in [1.807, 2.05) is 0 Å². The maximum atomic E-state index is 11.1. The third kappa shape index (κ3) is 2.61. The molecule has 0 amide bonds. The molecule has 1 spiro atoms. The SMILES string of the molecule is O=C(O)[C@@H]1CCCC2(CCC[C@H](C(=O)O)C2)C1. The largest absolute Gasteiger partial charge is 0.481 e. The second kappa shape index (κ2) is 4.67. The second-order valence-corrected chi connectivity index (χ2v) is 5.76. The average molecular weight is 240 g/mol. The summed E-state index contributed by atoms with van der Waals surface area (Å²) in [6.07, 6.45) is 6.79. The minimum atomic E-state index is -0.707. The van der Waals surface area contributed by atoms with Crippen molar-refractivity contribution in [2.75, 3.05) is 0 Å². The molecular formula is C13H20O4. The van der Waals surface area contributed by atoms with Crippen molar-refractivity contribution in [1.29, 1.82) is 0 Å². The molecule has 3 atom stereocenters. The van der Waals surface area contributed by atoms with E-state index in [4.69, 9.17) is 10.2 Å². The molecule has 1 unspecified atom stereocenters. The Bertz CT molecular complexity index is 291. The minimum Gasteiger partial charge on any atom is -0.481 e. The summed E-state index contributed by atoms with van der Waals surface area (Å²) in [4.78, 5) is 22.2. The van der Waals surface area contributed by atoms with Crippen LogP contribution in [0.15, 0.2) is 0 Å². The van der Waals surface area contributed by atoms with Crippen LogP contribution in [0.25, 0.3) is 0 Å². The Balaban J connectivity index is 2.07. The van der Waals surface area contributed by atoms with Crippen molar-refractivity contribution >= 4 is 11.9 Å². The molecule has 0 radical (unpaired) electrons. The van der Waals surface area contributed by atoms with E-state index < -0.39 is 11.9 Å². The molecule has 2 aliphatic rings. The van der Waals surface area contributed by atoms with Crippen molar-refractivity contribution in [2.24, 2.45) is 17.3 Å². The average Bonchev–Trinajstić information content (AvgIpc) is 2.29. The molecule has 0 heterocycles. The van der Waals surface area contributed by atoms with Crippen LogP contribution in [0.3, 0.4) is 0 Å². The van der Waals surface area contributed by atoms with Crippen LogP contribution in [-0.2, 0) is 9.59 Å². The number of carboxylic acid groups (broad SMARTS) is 2. The van der Waals surface area contributed by atoms with Gasteiger partial charge in [0.1, 0.15) is 0 Å². The standard InChI is InChI=1S/C13H20O4/c14-11(15)9-3-1-5-13(7-9)6-2-4-10(8-13)12(16)17/h9-10H,1-8H2,(H,14,15)(H,16,17)/t9-,10+,13?. The summed E-state index contributed by atoms with van der Waals surface area (Å²) in [5.41, 5.74) is 0.00259. The summed E-state index contributed by atoms with van der Waals surface area (Å²) in [5, 5.41) is 18.2. The van der Waals surface area contributed by atoms with Crippen molar-refractivity contribution in [3.8, 4) is 0 Å². The first kappa shape index (κ1) is 12.4. The summed E-state index contributed by atoms with van der Waals surface area (Å²) in [5.74, 6) is -1.92. The number of carbonyl (C=O) groups is 2. The molecule has 0 aromatic heterocycles. The maximum absolute atomic E-state index is 11.1. The van der Waals surface area contributed by atoms with Gasteiger partial charge in [-0.2, -0.15) is 0 Å². The fourth-order valence-corrected chi connectivity index (χ4v) is 3.73. The van der Waals surface area contributed by atoms with Crippen LogP contribution >= 0.6 is 0 Å². The van der Waals surface area contributed by atoms with E-state index in [1.54, 1.807) is 0 Å². The van der Waals surface area contributed by atoms with Gasteiger partial charge in [0.05, 0.1) is 11.8 Å². The molecule has 0 bridgehead atoms. The van der Waals surface area contributed by atoms with Crippen molar-refractivity contribution in [3.05, 3.63) is 0 Å². The van der Waals surface area contributed by atoms with Gasteiger partial charge < -0.3 is 10.2 Å². The number of rotatable bonds is 2. The third-order valence-corrected chi connectivity index (χ3v) is 4.58. The zero-order valence-corrected chi connectivity index (χ0v) is 10.0. The van der Waals surface area contributed by atoms with Gasteiger partial charge in [-0.1, -0.05) is 12.8 Å². The Kier molecular flexibility index (Phi) is 3.40. The smallest absolute Gasteiger partial charge is 0.306 e. The lowest BCUT2D eigenvalue weighted by atomic mass is 9.60. The van der Waals surface area contributed by atoms with E-state index in [1.165, 1.54) is 0 Å².